The maximum atomic E-state index is 12.8. The highest BCUT2D eigenvalue weighted by molar-refractivity contribution is 7.47. The number of phosphoric acid groups is 1. The molecule has 1 amide bonds. The molecule has 0 spiro atoms. The van der Waals surface area contributed by atoms with Gasteiger partial charge in [0.05, 0.1) is 39.9 Å². The number of quaternary nitrogens is 1. The molecule has 3 N–H and O–H groups in total. The van der Waals surface area contributed by atoms with Crippen molar-refractivity contribution in [3.8, 4) is 0 Å². The van der Waals surface area contributed by atoms with E-state index in [0.29, 0.717) is 17.4 Å². The molecule has 0 saturated heterocycles. The molecule has 3 atom stereocenters. The smallest absolute Gasteiger partial charge is 0.387 e. The van der Waals surface area contributed by atoms with Gasteiger partial charge in [-0.25, -0.2) is 4.57 Å². The molecular weight excluding hydrogens is 768 g/mol. The van der Waals surface area contributed by atoms with Crippen molar-refractivity contribution in [1.29, 1.82) is 0 Å². The summed E-state index contributed by atoms with van der Waals surface area (Å²) in [5.41, 5.74) is 0. The number of unbranched alkanes of at least 4 members (excludes halogenated alkanes) is 9. The lowest BCUT2D eigenvalue weighted by molar-refractivity contribution is -0.870. The Bertz CT molecular complexity index is 1380. The standard InChI is InChI=1S/C51H85N2O6P/c1-6-8-10-12-14-16-17-18-19-20-21-22-23-24-25-26-27-28-29-30-31-32-33-34-35-37-39-41-43-45-51(55)52-49(48-59-60(56,57)58-47-46-53(3,4)5)50(54)44-42-40-38-36-15-13-11-9-7-2/h7-10,14-16,18-19,21-22,24-25,27-28,30-31,36,42,44,49-50,54H,6,11-13,17,20,23,26,29,32-35,37-41,43,45-48H2,1-5H3,(H-,52,55,56,57)/p+1/b9-7+,10-8-,16-14-,19-18-,22-21-,25-24-,28-27-,31-30-,36-15+,44-42+. The normalized spacial score (nSPS) is 15.4. The average molecular weight is 854 g/mol. The molecule has 0 saturated carbocycles. The van der Waals surface area contributed by atoms with E-state index in [1.807, 2.05) is 40.2 Å². The number of nitrogens with one attached hydrogen (secondary N) is 1. The molecule has 0 aliphatic heterocycles. The molecule has 0 aromatic rings. The van der Waals surface area contributed by atoms with Gasteiger partial charge >= 0.3 is 7.82 Å². The van der Waals surface area contributed by atoms with Crippen molar-refractivity contribution in [2.24, 2.45) is 0 Å². The van der Waals surface area contributed by atoms with Gasteiger partial charge in [0.1, 0.15) is 13.2 Å². The molecule has 0 bridgehead atoms. The van der Waals surface area contributed by atoms with Gasteiger partial charge in [-0.2, -0.15) is 0 Å². The number of phosphoric ester groups is 1. The van der Waals surface area contributed by atoms with Crippen LogP contribution in [0.4, 0.5) is 0 Å². The number of aliphatic hydroxyl groups is 1. The number of carbonyl (C=O) groups excluding carboxylic acids is 1. The zero-order valence-electron chi connectivity index (χ0n) is 38.4. The van der Waals surface area contributed by atoms with Crippen molar-refractivity contribution in [2.45, 2.75) is 154 Å². The van der Waals surface area contributed by atoms with Crippen molar-refractivity contribution in [2.75, 3.05) is 40.9 Å². The van der Waals surface area contributed by atoms with Gasteiger partial charge < -0.3 is 19.8 Å². The zero-order valence-corrected chi connectivity index (χ0v) is 39.3. The van der Waals surface area contributed by atoms with Crippen molar-refractivity contribution >= 4 is 13.7 Å². The van der Waals surface area contributed by atoms with Crippen LogP contribution in [0.1, 0.15) is 142 Å². The molecule has 9 heteroatoms. The van der Waals surface area contributed by atoms with Crippen molar-refractivity contribution < 1.29 is 32.9 Å². The summed E-state index contributed by atoms with van der Waals surface area (Å²) in [5.74, 6) is -0.213. The van der Waals surface area contributed by atoms with Gasteiger partial charge in [-0.05, 0) is 96.8 Å². The van der Waals surface area contributed by atoms with Crippen molar-refractivity contribution in [3.63, 3.8) is 0 Å². The number of likely N-dealkylation sites (N-methyl/N-ethyl adjacent to an activating group) is 1. The number of carbonyl (C=O) groups is 1. The van der Waals surface area contributed by atoms with Crippen LogP contribution in [0.5, 0.6) is 0 Å². The van der Waals surface area contributed by atoms with Gasteiger partial charge in [-0.15, -0.1) is 0 Å². The first-order valence-corrected chi connectivity index (χ1v) is 24.4. The van der Waals surface area contributed by atoms with E-state index in [4.69, 9.17) is 9.05 Å². The lowest BCUT2D eigenvalue weighted by Crippen LogP contribution is -2.45. The Morgan fingerprint density at radius 3 is 1.53 bits per heavy atom. The van der Waals surface area contributed by atoms with E-state index in [9.17, 15) is 19.4 Å². The molecule has 8 nitrogen and oxygen atoms in total. The van der Waals surface area contributed by atoms with E-state index in [0.717, 1.165) is 103 Å². The quantitative estimate of drug-likeness (QED) is 0.0246. The van der Waals surface area contributed by atoms with Crippen molar-refractivity contribution in [1.82, 2.24) is 5.32 Å². The van der Waals surface area contributed by atoms with Crippen LogP contribution >= 0.6 is 7.82 Å². The number of allylic oxidation sites excluding steroid dienone is 19. The summed E-state index contributed by atoms with van der Waals surface area (Å²) < 4.78 is 23.4. The summed E-state index contributed by atoms with van der Waals surface area (Å²) in [7, 11) is 1.51. The van der Waals surface area contributed by atoms with Gasteiger partial charge in [0, 0.05) is 6.42 Å². The summed E-state index contributed by atoms with van der Waals surface area (Å²) in [6.45, 7) is 4.38. The Hall–Kier alpha value is -3.10. The lowest BCUT2D eigenvalue weighted by atomic mass is 10.1. The third-order valence-electron chi connectivity index (χ3n) is 9.24. The van der Waals surface area contributed by atoms with E-state index in [-0.39, 0.29) is 19.1 Å². The predicted molar refractivity (Wildman–Crippen MR) is 258 cm³/mol. The molecule has 0 aliphatic rings. The fraction of sp³-hybridized carbons (Fsp3) is 0.588. The zero-order chi connectivity index (χ0) is 44.3. The second-order valence-corrected chi connectivity index (χ2v) is 17.5. The van der Waals surface area contributed by atoms with E-state index in [1.165, 1.54) is 19.3 Å². The first-order chi connectivity index (χ1) is 29.0. The lowest BCUT2D eigenvalue weighted by Gasteiger charge is -2.25. The van der Waals surface area contributed by atoms with E-state index in [1.54, 1.807) is 6.08 Å². The van der Waals surface area contributed by atoms with E-state index in [2.05, 4.69) is 116 Å². The van der Waals surface area contributed by atoms with Gasteiger partial charge in [0.2, 0.25) is 5.91 Å². The van der Waals surface area contributed by atoms with Gasteiger partial charge in [-0.3, -0.25) is 13.8 Å². The summed E-state index contributed by atoms with van der Waals surface area (Å²) in [4.78, 5) is 23.1. The molecule has 0 aromatic heterocycles. The SMILES string of the molecule is C/C=C/CC/C=C/CC/C=C/C(O)C(COP(=O)(O)OCC[N+](C)(C)C)NC(=O)CCCCCCCCC/C=C\C/C=C\C/C=C\C/C=C\C/C=C\C/C=C\C/C=C\CC. The van der Waals surface area contributed by atoms with Crippen LogP contribution in [0.3, 0.4) is 0 Å². The largest absolute Gasteiger partial charge is 0.472 e. The van der Waals surface area contributed by atoms with Gasteiger partial charge in [0.15, 0.2) is 0 Å². The first kappa shape index (κ1) is 56.9. The number of nitrogens with zero attached hydrogens (tertiary/aromatic N) is 1. The Kier molecular flexibility index (Phi) is 39.1. The Morgan fingerprint density at radius 2 is 1.03 bits per heavy atom. The summed E-state index contributed by atoms with van der Waals surface area (Å²) in [6.07, 6.45) is 61.6. The second kappa shape index (κ2) is 41.3. The molecular formula is C51H86N2O6P+. The molecule has 340 valence electrons. The third kappa shape index (κ3) is 43.0. The Balaban J connectivity index is 4.26. The first-order valence-electron chi connectivity index (χ1n) is 22.9. The fourth-order valence-corrected chi connectivity index (χ4v) is 6.38. The second-order valence-electron chi connectivity index (χ2n) is 16.0. The number of hydrogen-bond donors (Lipinski definition) is 3. The minimum absolute atomic E-state index is 0.0434. The molecule has 0 fully saturated rings. The highest BCUT2D eigenvalue weighted by atomic mass is 31.2. The van der Waals surface area contributed by atoms with Gasteiger partial charge in [0.25, 0.3) is 0 Å². The molecule has 0 rings (SSSR count). The van der Waals surface area contributed by atoms with Gasteiger partial charge in [-0.1, -0.05) is 161 Å². The summed E-state index contributed by atoms with van der Waals surface area (Å²) >= 11 is 0. The maximum Gasteiger partial charge on any atom is 0.472 e. The Morgan fingerprint density at radius 1 is 0.600 bits per heavy atom. The number of amides is 1. The monoisotopic (exact) mass is 854 g/mol. The van der Waals surface area contributed by atoms with Crippen LogP contribution in [0.2, 0.25) is 0 Å². The highest BCUT2D eigenvalue weighted by Gasteiger charge is 2.27. The van der Waals surface area contributed by atoms with Crippen LogP contribution in [0.25, 0.3) is 0 Å². The van der Waals surface area contributed by atoms with E-state index < -0.39 is 20.0 Å². The van der Waals surface area contributed by atoms with Crippen LogP contribution in [0, 0.1) is 0 Å². The van der Waals surface area contributed by atoms with Crippen LogP contribution in [-0.4, -0.2) is 73.4 Å². The van der Waals surface area contributed by atoms with Crippen LogP contribution < -0.4 is 5.32 Å². The molecule has 0 heterocycles. The number of hydrogen-bond acceptors (Lipinski definition) is 5. The van der Waals surface area contributed by atoms with E-state index >= 15 is 0 Å². The third-order valence-corrected chi connectivity index (χ3v) is 10.2. The molecule has 0 aromatic carbocycles. The van der Waals surface area contributed by atoms with Crippen molar-refractivity contribution in [3.05, 3.63) is 122 Å². The topological polar surface area (TPSA) is 105 Å². The minimum Gasteiger partial charge on any atom is -0.387 e. The highest BCUT2D eigenvalue weighted by Crippen LogP contribution is 2.43. The van der Waals surface area contributed by atoms with Crippen LogP contribution in [0.15, 0.2) is 122 Å². The summed E-state index contributed by atoms with van der Waals surface area (Å²) in [5, 5.41) is 13.7. The predicted octanol–water partition coefficient (Wildman–Crippen LogP) is 13.1. The fourth-order valence-electron chi connectivity index (χ4n) is 5.65. The molecule has 60 heavy (non-hydrogen) atoms. The number of rotatable bonds is 39. The molecule has 0 aliphatic carbocycles. The molecule has 3 unspecified atom stereocenters. The maximum absolute atomic E-state index is 12.8. The Labute approximate surface area is 367 Å². The minimum atomic E-state index is -4.36. The number of aliphatic hydroxyl groups excluding tert-OH is 1. The average Bonchev–Trinajstić information content (AvgIpc) is 3.20. The molecule has 0 radical (unpaired) electrons. The van der Waals surface area contributed by atoms with Crippen LogP contribution in [-0.2, 0) is 18.4 Å². The summed E-state index contributed by atoms with van der Waals surface area (Å²) in [6, 6.07) is -0.882.